The number of phenolic OH excluding ortho intramolecular Hbond substituents is 1. The highest BCUT2D eigenvalue weighted by Gasteiger charge is 2.22. The largest absolute Gasteiger partial charge is 0.506 e. The fourth-order valence-electron chi connectivity index (χ4n) is 7.24. The highest BCUT2D eigenvalue weighted by Crippen LogP contribution is 2.31. The first-order valence-electron chi connectivity index (χ1n) is 18.4. The number of H-pyrrole nitrogens is 1. The van der Waals surface area contributed by atoms with Crippen LogP contribution in [-0.2, 0) is 24.2 Å². The molecule has 1 saturated carbocycles. The Bertz CT molecular complexity index is 2260. The van der Waals surface area contributed by atoms with E-state index < -0.39 is 12.2 Å². The number of fused-ring (bicyclic) bond motifs is 2. The first kappa shape index (κ1) is 41.3. The summed E-state index contributed by atoms with van der Waals surface area (Å²) in [5.74, 6) is -0.0357. The normalized spacial score (nSPS) is 15.9. The van der Waals surface area contributed by atoms with E-state index in [1.807, 2.05) is 36.7 Å². The van der Waals surface area contributed by atoms with Gasteiger partial charge in [0.05, 0.1) is 34.7 Å². The number of nitrogens with two attached hydrogens (primary N) is 1. The van der Waals surface area contributed by atoms with E-state index >= 15 is 0 Å². The Morgan fingerprint density at radius 3 is 2.53 bits per heavy atom. The fraction of sp³-hybridized carbons (Fsp3) is 0.310. The molecule has 7 rings (SSSR count). The van der Waals surface area contributed by atoms with Crippen LogP contribution in [0.25, 0.3) is 33.1 Å². The Hall–Kier alpha value is -4.91. The molecule has 0 unspecified atom stereocenters. The second-order valence-corrected chi connectivity index (χ2v) is 14.0. The molecule has 0 radical (unpaired) electrons. The smallest absolute Gasteiger partial charge is 0.411 e. The number of nitrogens with one attached hydrogen (secondary N) is 3. The van der Waals surface area contributed by atoms with E-state index in [-0.39, 0.29) is 54.8 Å². The SMILES string of the molecule is Cl.Cl.NC1CCC(OC(=O)Nc2cc(CCCCn3cnc4cc(CNC[C@H](O)c5ccc(O)c6[nH]c(=O)ccc56)ccc43)ccc2-c2ccccc2)CC1. The minimum atomic E-state index is -0.834. The van der Waals surface area contributed by atoms with E-state index in [1.54, 1.807) is 12.1 Å². The third-order valence-electron chi connectivity index (χ3n) is 10.1. The number of pyridine rings is 1. The van der Waals surface area contributed by atoms with E-state index in [9.17, 15) is 19.8 Å². The summed E-state index contributed by atoms with van der Waals surface area (Å²) < 4.78 is 7.95. The predicted octanol–water partition coefficient (Wildman–Crippen LogP) is 7.76. The van der Waals surface area contributed by atoms with Gasteiger partial charge in [0.2, 0.25) is 5.56 Å². The molecule has 1 atom stereocenters. The number of benzene rings is 4. The zero-order chi connectivity index (χ0) is 36.7. The summed E-state index contributed by atoms with van der Waals surface area (Å²) >= 11 is 0. The lowest BCUT2D eigenvalue weighted by Crippen LogP contribution is -2.32. The van der Waals surface area contributed by atoms with Crippen LogP contribution >= 0.6 is 24.8 Å². The summed E-state index contributed by atoms with van der Waals surface area (Å²) in [4.78, 5) is 32.0. The molecule has 13 heteroatoms. The minimum Gasteiger partial charge on any atom is -0.506 e. The lowest BCUT2D eigenvalue weighted by molar-refractivity contribution is 0.0826. The van der Waals surface area contributed by atoms with Crippen LogP contribution in [0.2, 0.25) is 0 Å². The molecule has 2 heterocycles. The van der Waals surface area contributed by atoms with Gasteiger partial charge < -0.3 is 35.6 Å². The lowest BCUT2D eigenvalue weighted by Gasteiger charge is -2.26. The van der Waals surface area contributed by atoms with Crippen LogP contribution in [0.4, 0.5) is 10.5 Å². The number of phenols is 1. The van der Waals surface area contributed by atoms with E-state index in [0.717, 1.165) is 90.5 Å². The molecule has 0 saturated heterocycles. The number of nitrogens with zero attached hydrogens (tertiary/aromatic N) is 2. The standard InChI is InChI=1S/C42H46N6O5.2ClH/c43-30-11-13-31(14-12-30)53-42(52)46-35-22-27(9-15-32(35)29-7-2-1-3-8-29)6-4-5-21-48-26-45-36-23-28(10-18-37(36)48)24-44-25-39(50)33-16-19-38(49)41-34(33)17-20-40(51)47-41;;/h1-3,7-10,15-20,22-23,26,30-31,39,44,49-50H,4-6,11-14,21,24-25,43H2,(H,46,52)(H,47,51);2*1H/t30?,31?,39-;;/m0../s1. The molecule has 55 heavy (non-hydrogen) atoms. The molecule has 11 nitrogen and oxygen atoms in total. The number of imidazole rings is 1. The van der Waals surface area contributed by atoms with Gasteiger partial charge in [0.1, 0.15) is 11.9 Å². The van der Waals surface area contributed by atoms with Gasteiger partial charge in [-0.25, -0.2) is 9.78 Å². The van der Waals surface area contributed by atoms with Gasteiger partial charge in [-0.15, -0.1) is 24.8 Å². The van der Waals surface area contributed by atoms with Gasteiger partial charge in [-0.3, -0.25) is 10.1 Å². The summed E-state index contributed by atoms with van der Waals surface area (Å²) in [7, 11) is 0. The van der Waals surface area contributed by atoms with Crippen LogP contribution in [0.5, 0.6) is 5.75 Å². The lowest BCUT2D eigenvalue weighted by atomic mass is 9.94. The van der Waals surface area contributed by atoms with Gasteiger partial charge in [-0.1, -0.05) is 54.6 Å². The highest BCUT2D eigenvalue weighted by atomic mass is 35.5. The van der Waals surface area contributed by atoms with Crippen LogP contribution in [0.3, 0.4) is 0 Å². The summed E-state index contributed by atoms with van der Waals surface area (Å²) in [6.45, 7) is 1.66. The van der Waals surface area contributed by atoms with E-state index in [0.29, 0.717) is 23.0 Å². The number of carbonyl (C=O) groups excluding carboxylic acids is 1. The van der Waals surface area contributed by atoms with Crippen molar-refractivity contribution in [3.05, 3.63) is 124 Å². The average Bonchev–Trinajstić information content (AvgIpc) is 3.57. The quantitative estimate of drug-likeness (QED) is 0.0646. The minimum absolute atomic E-state index is 0. The van der Waals surface area contributed by atoms with Crippen molar-refractivity contribution < 1.29 is 19.7 Å². The predicted molar refractivity (Wildman–Crippen MR) is 222 cm³/mol. The summed E-state index contributed by atoms with van der Waals surface area (Å²) in [6.07, 6.45) is 6.65. The van der Waals surface area contributed by atoms with Gasteiger partial charge >= 0.3 is 6.09 Å². The number of aryl methyl sites for hydroxylation is 2. The molecule has 1 aliphatic rings. The molecular formula is C42H48Cl2N6O5. The Morgan fingerprint density at radius 2 is 1.73 bits per heavy atom. The molecule has 6 aromatic rings. The molecule has 0 bridgehead atoms. The third-order valence-corrected chi connectivity index (χ3v) is 10.1. The number of anilines is 1. The average molecular weight is 788 g/mol. The summed E-state index contributed by atoms with van der Waals surface area (Å²) in [6, 6.07) is 28.9. The van der Waals surface area contributed by atoms with Gasteiger partial charge in [-0.2, -0.15) is 0 Å². The van der Waals surface area contributed by atoms with Gasteiger partial charge in [0.25, 0.3) is 0 Å². The highest BCUT2D eigenvalue weighted by molar-refractivity contribution is 5.92. The molecule has 4 aromatic carbocycles. The van der Waals surface area contributed by atoms with Crippen LogP contribution in [0.1, 0.15) is 61.3 Å². The second kappa shape index (κ2) is 19.1. The number of hydrogen-bond donors (Lipinski definition) is 6. The molecular weight excluding hydrogens is 739 g/mol. The number of ether oxygens (including phenoxy) is 1. The van der Waals surface area contributed by atoms with Crippen molar-refractivity contribution in [2.24, 2.45) is 5.73 Å². The molecule has 1 amide bonds. The molecule has 7 N–H and O–H groups in total. The first-order valence-corrected chi connectivity index (χ1v) is 18.4. The maximum atomic E-state index is 13.0. The molecule has 0 spiro atoms. The Morgan fingerprint density at radius 1 is 0.945 bits per heavy atom. The zero-order valence-corrected chi connectivity index (χ0v) is 32.1. The third kappa shape index (κ3) is 10.2. The Labute approximate surface area is 332 Å². The van der Waals surface area contributed by atoms with Crippen LogP contribution in [0.15, 0.2) is 102 Å². The number of hydrogen-bond acceptors (Lipinski definition) is 8. The number of carbonyl (C=O) groups is 1. The number of rotatable bonds is 13. The molecule has 290 valence electrons. The van der Waals surface area contributed by atoms with Gasteiger partial charge in [0, 0.05) is 42.7 Å². The number of halogens is 2. The number of aromatic nitrogens is 3. The second-order valence-electron chi connectivity index (χ2n) is 14.0. The molecule has 1 aliphatic carbocycles. The maximum Gasteiger partial charge on any atom is 0.411 e. The number of aromatic amines is 1. The number of aromatic hydroxyl groups is 1. The van der Waals surface area contributed by atoms with E-state index in [1.165, 1.54) is 12.1 Å². The Kier molecular flexibility index (Phi) is 14.3. The monoisotopic (exact) mass is 786 g/mol. The van der Waals surface area contributed by atoms with E-state index in [2.05, 4.69) is 61.6 Å². The van der Waals surface area contributed by atoms with Crippen molar-refractivity contribution in [1.82, 2.24) is 19.9 Å². The van der Waals surface area contributed by atoms with Crippen molar-refractivity contribution in [2.45, 2.75) is 76.3 Å². The fourth-order valence-corrected chi connectivity index (χ4v) is 7.24. The number of unbranched alkanes of at least 4 members (excludes halogenated alkanes) is 1. The molecule has 1 fully saturated rings. The summed E-state index contributed by atoms with van der Waals surface area (Å²) in [5, 5.41) is 28.0. The molecule has 2 aromatic heterocycles. The first-order chi connectivity index (χ1) is 25.8. The zero-order valence-electron chi connectivity index (χ0n) is 30.4. The van der Waals surface area contributed by atoms with Gasteiger partial charge in [0.15, 0.2) is 0 Å². The maximum absolute atomic E-state index is 13.0. The number of aliphatic hydroxyl groups is 1. The van der Waals surface area contributed by atoms with Crippen molar-refractivity contribution in [2.75, 3.05) is 11.9 Å². The van der Waals surface area contributed by atoms with Crippen LogP contribution in [0, 0.1) is 0 Å². The van der Waals surface area contributed by atoms with Crippen LogP contribution in [-0.4, -0.2) is 49.5 Å². The molecule has 0 aliphatic heterocycles. The topological polar surface area (TPSA) is 168 Å². The Balaban J connectivity index is 0.00000290. The van der Waals surface area contributed by atoms with Crippen molar-refractivity contribution >= 4 is 58.5 Å². The number of aliphatic hydroxyl groups excluding tert-OH is 1. The van der Waals surface area contributed by atoms with Crippen molar-refractivity contribution in [3.63, 3.8) is 0 Å². The number of amides is 1. The summed E-state index contributed by atoms with van der Waals surface area (Å²) in [5.41, 5.74) is 13.6. The van der Waals surface area contributed by atoms with E-state index in [4.69, 9.17) is 10.5 Å². The van der Waals surface area contributed by atoms with Gasteiger partial charge in [-0.05, 0) is 97.5 Å². The van der Waals surface area contributed by atoms with Crippen molar-refractivity contribution in [3.8, 4) is 16.9 Å². The van der Waals surface area contributed by atoms with Crippen LogP contribution < -0.4 is 21.9 Å². The van der Waals surface area contributed by atoms with Crippen molar-refractivity contribution in [1.29, 1.82) is 0 Å².